The third-order valence-corrected chi connectivity index (χ3v) is 4.04. The van der Waals surface area contributed by atoms with Gasteiger partial charge in [-0.05, 0) is 43.5 Å². The lowest BCUT2D eigenvalue weighted by Gasteiger charge is -2.14. The van der Waals surface area contributed by atoms with Gasteiger partial charge in [-0.15, -0.1) is 0 Å². The molecule has 1 aromatic heterocycles. The van der Waals surface area contributed by atoms with Gasteiger partial charge >= 0.3 is 0 Å². The van der Waals surface area contributed by atoms with Crippen molar-refractivity contribution in [1.82, 2.24) is 9.78 Å². The van der Waals surface area contributed by atoms with Crippen molar-refractivity contribution in [3.8, 4) is 0 Å². The summed E-state index contributed by atoms with van der Waals surface area (Å²) in [5.74, 6) is 0. The molecule has 1 heterocycles. The highest BCUT2D eigenvalue weighted by Gasteiger charge is 2.13. The Kier molecular flexibility index (Phi) is 4.84. The maximum absolute atomic E-state index is 6.34. The van der Waals surface area contributed by atoms with E-state index in [0.29, 0.717) is 0 Å². The number of nitrogens with two attached hydrogens (primary N) is 1. The van der Waals surface area contributed by atoms with Gasteiger partial charge in [0.25, 0.3) is 0 Å². The Morgan fingerprint density at radius 2 is 2.05 bits per heavy atom. The van der Waals surface area contributed by atoms with Crippen LogP contribution in [0.3, 0.4) is 0 Å². The Bertz CT molecular complexity index is 589. The fourth-order valence-electron chi connectivity index (χ4n) is 2.37. The van der Waals surface area contributed by atoms with Crippen LogP contribution >= 0.6 is 11.6 Å². The third kappa shape index (κ3) is 3.22. The number of benzene rings is 1. The smallest absolute Gasteiger partial charge is 0.0624 e. The van der Waals surface area contributed by atoms with Crippen molar-refractivity contribution in [1.29, 1.82) is 0 Å². The van der Waals surface area contributed by atoms with E-state index >= 15 is 0 Å². The quantitative estimate of drug-likeness (QED) is 0.913. The summed E-state index contributed by atoms with van der Waals surface area (Å²) in [6.07, 6.45) is 1.75. The predicted octanol–water partition coefficient (Wildman–Crippen LogP) is 3.67. The molecule has 0 saturated heterocycles. The predicted molar refractivity (Wildman–Crippen MR) is 84.1 cm³/mol. The van der Waals surface area contributed by atoms with Gasteiger partial charge in [-0.25, -0.2) is 0 Å². The summed E-state index contributed by atoms with van der Waals surface area (Å²) < 4.78 is 2.04. The molecule has 0 aliphatic rings. The summed E-state index contributed by atoms with van der Waals surface area (Å²) in [5.41, 5.74) is 10.8. The van der Waals surface area contributed by atoms with E-state index in [2.05, 4.69) is 31.1 Å². The lowest BCUT2D eigenvalue weighted by atomic mass is 10.0. The molecule has 20 heavy (non-hydrogen) atoms. The number of aromatic nitrogens is 2. The van der Waals surface area contributed by atoms with Gasteiger partial charge < -0.3 is 5.73 Å². The SMILES string of the molecule is CCc1cc(CC(N)c2ccc(Cl)c(C)c2)n(CC)n1. The molecule has 2 rings (SSSR count). The molecule has 0 radical (unpaired) electrons. The zero-order valence-electron chi connectivity index (χ0n) is 12.4. The van der Waals surface area contributed by atoms with Crippen molar-refractivity contribution in [2.45, 2.75) is 46.2 Å². The third-order valence-electron chi connectivity index (χ3n) is 3.61. The lowest BCUT2D eigenvalue weighted by Crippen LogP contribution is -2.16. The minimum atomic E-state index is -0.0299. The molecule has 0 fully saturated rings. The molecule has 108 valence electrons. The maximum atomic E-state index is 6.34. The molecule has 2 N–H and O–H groups in total. The van der Waals surface area contributed by atoms with Crippen molar-refractivity contribution < 1.29 is 0 Å². The summed E-state index contributed by atoms with van der Waals surface area (Å²) in [5, 5.41) is 5.35. The van der Waals surface area contributed by atoms with Crippen LogP contribution in [0.4, 0.5) is 0 Å². The average molecular weight is 292 g/mol. The van der Waals surface area contributed by atoms with Crippen LogP contribution in [0.25, 0.3) is 0 Å². The number of hydrogen-bond donors (Lipinski definition) is 1. The van der Waals surface area contributed by atoms with Gasteiger partial charge in [0.1, 0.15) is 0 Å². The molecule has 2 aromatic rings. The van der Waals surface area contributed by atoms with E-state index in [4.69, 9.17) is 17.3 Å². The first-order valence-electron chi connectivity index (χ1n) is 7.12. The van der Waals surface area contributed by atoms with Gasteiger partial charge in [0.15, 0.2) is 0 Å². The number of hydrogen-bond acceptors (Lipinski definition) is 2. The number of nitrogens with zero attached hydrogens (tertiary/aromatic N) is 2. The molecule has 1 atom stereocenters. The summed E-state index contributed by atoms with van der Waals surface area (Å²) >= 11 is 6.06. The van der Waals surface area contributed by atoms with Crippen LogP contribution in [0.1, 0.15) is 42.4 Å². The molecule has 0 bridgehead atoms. The summed E-state index contributed by atoms with van der Waals surface area (Å²) in [6, 6.07) is 8.12. The van der Waals surface area contributed by atoms with Gasteiger partial charge in [0, 0.05) is 29.7 Å². The van der Waals surface area contributed by atoms with E-state index in [0.717, 1.165) is 41.2 Å². The van der Waals surface area contributed by atoms with Crippen LogP contribution in [0.15, 0.2) is 24.3 Å². The van der Waals surface area contributed by atoms with Crippen LogP contribution in [-0.4, -0.2) is 9.78 Å². The molecule has 0 saturated carbocycles. The monoisotopic (exact) mass is 291 g/mol. The number of rotatable bonds is 5. The highest BCUT2D eigenvalue weighted by Crippen LogP contribution is 2.22. The molecule has 0 spiro atoms. The zero-order chi connectivity index (χ0) is 14.7. The highest BCUT2D eigenvalue weighted by atomic mass is 35.5. The topological polar surface area (TPSA) is 43.8 Å². The fourth-order valence-corrected chi connectivity index (χ4v) is 2.49. The number of halogens is 1. The molecule has 1 unspecified atom stereocenters. The Balaban J connectivity index is 2.20. The number of aryl methyl sites for hydroxylation is 3. The van der Waals surface area contributed by atoms with E-state index in [1.807, 2.05) is 23.7 Å². The van der Waals surface area contributed by atoms with Gasteiger partial charge in [-0.3, -0.25) is 4.68 Å². The molecule has 0 aliphatic heterocycles. The second-order valence-corrected chi connectivity index (χ2v) is 5.52. The van der Waals surface area contributed by atoms with Crippen molar-refractivity contribution in [3.63, 3.8) is 0 Å². The van der Waals surface area contributed by atoms with E-state index < -0.39 is 0 Å². The van der Waals surface area contributed by atoms with Gasteiger partial charge in [0.05, 0.1) is 5.69 Å². The maximum Gasteiger partial charge on any atom is 0.0624 e. The van der Waals surface area contributed by atoms with Gasteiger partial charge in [-0.2, -0.15) is 5.10 Å². The second-order valence-electron chi connectivity index (χ2n) is 5.12. The van der Waals surface area contributed by atoms with Crippen molar-refractivity contribution in [2.75, 3.05) is 0 Å². The molecule has 0 aliphatic carbocycles. The van der Waals surface area contributed by atoms with Crippen LogP contribution in [-0.2, 0) is 19.4 Å². The molecular weight excluding hydrogens is 270 g/mol. The summed E-state index contributed by atoms with van der Waals surface area (Å²) in [6.45, 7) is 7.11. The first-order chi connectivity index (χ1) is 9.55. The van der Waals surface area contributed by atoms with Crippen molar-refractivity contribution in [3.05, 3.63) is 51.8 Å². The molecule has 0 amide bonds. The minimum absolute atomic E-state index is 0.0299. The minimum Gasteiger partial charge on any atom is -0.324 e. The Labute approximate surface area is 125 Å². The van der Waals surface area contributed by atoms with Gasteiger partial charge in [-0.1, -0.05) is 30.7 Å². The van der Waals surface area contributed by atoms with Crippen LogP contribution in [0.2, 0.25) is 5.02 Å². The van der Waals surface area contributed by atoms with Crippen LogP contribution in [0, 0.1) is 6.92 Å². The lowest BCUT2D eigenvalue weighted by molar-refractivity contribution is 0.585. The molecule has 3 nitrogen and oxygen atoms in total. The van der Waals surface area contributed by atoms with Crippen molar-refractivity contribution in [2.24, 2.45) is 5.73 Å². The second kappa shape index (κ2) is 6.42. The molecular formula is C16H22ClN3. The Hall–Kier alpha value is -1.32. The van der Waals surface area contributed by atoms with E-state index in [-0.39, 0.29) is 6.04 Å². The van der Waals surface area contributed by atoms with Crippen molar-refractivity contribution >= 4 is 11.6 Å². The first-order valence-corrected chi connectivity index (χ1v) is 7.50. The van der Waals surface area contributed by atoms with Gasteiger partial charge in [0.2, 0.25) is 0 Å². The molecule has 4 heteroatoms. The van der Waals surface area contributed by atoms with Crippen LogP contribution in [0.5, 0.6) is 0 Å². The van der Waals surface area contributed by atoms with E-state index in [9.17, 15) is 0 Å². The summed E-state index contributed by atoms with van der Waals surface area (Å²) in [7, 11) is 0. The Morgan fingerprint density at radius 3 is 2.65 bits per heavy atom. The zero-order valence-corrected chi connectivity index (χ0v) is 13.1. The summed E-state index contributed by atoms with van der Waals surface area (Å²) in [4.78, 5) is 0. The Morgan fingerprint density at radius 1 is 1.30 bits per heavy atom. The van der Waals surface area contributed by atoms with E-state index in [1.165, 1.54) is 5.69 Å². The van der Waals surface area contributed by atoms with E-state index in [1.54, 1.807) is 0 Å². The fraction of sp³-hybridized carbons (Fsp3) is 0.438. The molecule has 1 aromatic carbocycles. The normalized spacial score (nSPS) is 12.7. The van der Waals surface area contributed by atoms with Crippen LogP contribution < -0.4 is 5.73 Å². The highest BCUT2D eigenvalue weighted by molar-refractivity contribution is 6.31. The largest absolute Gasteiger partial charge is 0.324 e. The average Bonchev–Trinajstić information content (AvgIpc) is 2.84. The first kappa shape index (κ1) is 15.1. The standard InChI is InChI=1S/C16H22ClN3/c1-4-13-9-14(20(5-2)19-13)10-16(18)12-6-7-15(17)11(3)8-12/h6-9,16H,4-5,10,18H2,1-3H3.